The Labute approximate surface area is 119 Å². The molecule has 1 heterocycles. The fraction of sp³-hybridized carbons (Fsp3) is 1.00. The molecule has 2 N–H and O–H groups in total. The first-order chi connectivity index (χ1) is 8.60. The van der Waals surface area contributed by atoms with Crippen LogP contribution in [0.25, 0.3) is 0 Å². The summed E-state index contributed by atoms with van der Waals surface area (Å²) in [7, 11) is 0. The van der Waals surface area contributed by atoms with Crippen LogP contribution in [0.5, 0.6) is 0 Å². The molecule has 0 aromatic rings. The first-order valence-corrected chi connectivity index (χ1v) is 8.07. The van der Waals surface area contributed by atoms with Gasteiger partial charge in [-0.15, -0.1) is 0 Å². The van der Waals surface area contributed by atoms with E-state index in [9.17, 15) is 5.11 Å². The van der Waals surface area contributed by atoms with E-state index in [1.807, 2.05) is 0 Å². The molecule has 2 atom stereocenters. The Kier molecular flexibility index (Phi) is 4.06. The molecule has 2 heteroatoms. The first-order valence-electron chi connectivity index (χ1n) is 8.07. The summed E-state index contributed by atoms with van der Waals surface area (Å²) in [5.41, 5.74) is 0.490. The first kappa shape index (κ1) is 15.3. The monoisotopic (exact) mass is 267 g/mol. The second kappa shape index (κ2) is 5.04. The number of aliphatic hydroxyl groups excluding tert-OH is 1. The molecule has 1 saturated carbocycles. The van der Waals surface area contributed by atoms with E-state index in [0.717, 1.165) is 11.8 Å². The van der Waals surface area contributed by atoms with Crippen LogP contribution in [0.1, 0.15) is 67.2 Å². The molecule has 2 aliphatic rings. The number of rotatable bonds is 1. The van der Waals surface area contributed by atoms with Gasteiger partial charge >= 0.3 is 0 Å². The maximum Gasteiger partial charge on any atom is 0.0591 e. The standard InChI is InChI=1S/C17H33NO/c1-11-7-13(8-12(2)15(11)19)14-9-16(3,4)18-17(5,6)10-14/h11-15,18-19H,7-10H2,1-6H3. The molecule has 1 saturated heterocycles. The van der Waals surface area contributed by atoms with E-state index >= 15 is 0 Å². The van der Waals surface area contributed by atoms with Crippen molar-refractivity contribution in [2.75, 3.05) is 0 Å². The highest BCUT2D eigenvalue weighted by atomic mass is 16.3. The van der Waals surface area contributed by atoms with Gasteiger partial charge in [-0.25, -0.2) is 0 Å². The molecule has 0 aromatic heterocycles. The van der Waals surface area contributed by atoms with Crippen molar-refractivity contribution in [3.05, 3.63) is 0 Å². The molecule has 1 aliphatic heterocycles. The van der Waals surface area contributed by atoms with E-state index in [1.54, 1.807) is 0 Å². The summed E-state index contributed by atoms with van der Waals surface area (Å²) in [4.78, 5) is 0. The summed E-state index contributed by atoms with van der Waals surface area (Å²) in [6.45, 7) is 13.8. The van der Waals surface area contributed by atoms with Gasteiger partial charge in [-0.1, -0.05) is 13.8 Å². The van der Waals surface area contributed by atoms with Crippen molar-refractivity contribution in [3.63, 3.8) is 0 Å². The Morgan fingerprint density at radius 2 is 1.26 bits per heavy atom. The lowest BCUT2D eigenvalue weighted by Crippen LogP contribution is -2.59. The van der Waals surface area contributed by atoms with Gasteiger partial charge in [0.05, 0.1) is 6.10 Å². The quantitative estimate of drug-likeness (QED) is 0.761. The van der Waals surface area contributed by atoms with Gasteiger partial charge in [0.15, 0.2) is 0 Å². The van der Waals surface area contributed by atoms with E-state index in [-0.39, 0.29) is 17.2 Å². The lowest BCUT2D eigenvalue weighted by molar-refractivity contribution is -0.0195. The van der Waals surface area contributed by atoms with Gasteiger partial charge in [0, 0.05) is 11.1 Å². The van der Waals surface area contributed by atoms with E-state index < -0.39 is 0 Å². The molecule has 0 bridgehead atoms. The molecule has 0 amide bonds. The van der Waals surface area contributed by atoms with Crippen molar-refractivity contribution in [2.24, 2.45) is 23.7 Å². The van der Waals surface area contributed by atoms with Crippen molar-refractivity contribution in [1.29, 1.82) is 0 Å². The predicted molar refractivity (Wildman–Crippen MR) is 81.1 cm³/mol. The molecule has 2 rings (SSSR count). The zero-order valence-electron chi connectivity index (χ0n) is 13.7. The lowest BCUT2D eigenvalue weighted by atomic mass is 9.63. The fourth-order valence-corrected chi connectivity index (χ4v) is 5.01. The molecule has 2 nitrogen and oxygen atoms in total. The minimum atomic E-state index is -0.0843. The van der Waals surface area contributed by atoms with Gasteiger partial charge in [0.25, 0.3) is 0 Å². The highest BCUT2D eigenvalue weighted by Crippen LogP contribution is 2.44. The minimum Gasteiger partial charge on any atom is -0.393 e. The number of hydrogen-bond acceptors (Lipinski definition) is 2. The summed E-state index contributed by atoms with van der Waals surface area (Å²) >= 11 is 0. The zero-order chi connectivity index (χ0) is 14.4. The average molecular weight is 267 g/mol. The van der Waals surface area contributed by atoms with E-state index in [1.165, 1.54) is 25.7 Å². The molecular weight excluding hydrogens is 234 g/mol. The summed E-state index contributed by atoms with van der Waals surface area (Å²) in [5, 5.41) is 13.9. The largest absolute Gasteiger partial charge is 0.393 e. The molecule has 0 spiro atoms. The Hall–Kier alpha value is -0.0800. The van der Waals surface area contributed by atoms with Crippen molar-refractivity contribution < 1.29 is 5.11 Å². The van der Waals surface area contributed by atoms with Crippen molar-refractivity contribution >= 4 is 0 Å². The van der Waals surface area contributed by atoms with Gasteiger partial charge in [-0.2, -0.15) is 0 Å². The smallest absolute Gasteiger partial charge is 0.0591 e. The van der Waals surface area contributed by atoms with Crippen LogP contribution in [0.2, 0.25) is 0 Å². The lowest BCUT2D eigenvalue weighted by Gasteiger charge is -2.51. The average Bonchev–Trinajstić information content (AvgIpc) is 2.20. The molecule has 1 aliphatic carbocycles. The van der Waals surface area contributed by atoms with Crippen molar-refractivity contribution in [1.82, 2.24) is 5.32 Å². The fourth-order valence-electron chi connectivity index (χ4n) is 5.01. The van der Waals surface area contributed by atoms with Crippen LogP contribution in [0.3, 0.4) is 0 Å². The van der Waals surface area contributed by atoms with Crippen molar-refractivity contribution in [2.45, 2.75) is 84.4 Å². The molecule has 2 fully saturated rings. The van der Waals surface area contributed by atoms with E-state index in [2.05, 4.69) is 46.9 Å². The maximum atomic E-state index is 10.2. The Morgan fingerprint density at radius 1 is 0.842 bits per heavy atom. The number of hydrogen-bond donors (Lipinski definition) is 2. The summed E-state index contributed by atoms with van der Waals surface area (Å²) in [5.74, 6) is 2.54. The van der Waals surface area contributed by atoms with Crippen LogP contribution < -0.4 is 5.32 Å². The molecule has 0 aromatic carbocycles. The summed E-state index contributed by atoms with van der Waals surface area (Å²) in [6.07, 6.45) is 4.89. The van der Waals surface area contributed by atoms with Gasteiger partial charge < -0.3 is 10.4 Å². The Morgan fingerprint density at radius 3 is 1.68 bits per heavy atom. The van der Waals surface area contributed by atoms with Crippen LogP contribution in [-0.2, 0) is 0 Å². The Bertz CT molecular complexity index is 295. The number of piperidine rings is 1. The van der Waals surface area contributed by atoms with Crippen molar-refractivity contribution in [3.8, 4) is 0 Å². The molecule has 19 heavy (non-hydrogen) atoms. The van der Waals surface area contributed by atoms with Crippen LogP contribution in [0.4, 0.5) is 0 Å². The van der Waals surface area contributed by atoms with Crippen LogP contribution in [-0.4, -0.2) is 22.3 Å². The third kappa shape index (κ3) is 3.52. The molecule has 0 radical (unpaired) electrons. The second-order valence-electron chi connectivity index (χ2n) is 8.74. The zero-order valence-corrected chi connectivity index (χ0v) is 13.7. The molecule has 2 unspecified atom stereocenters. The van der Waals surface area contributed by atoms with Gasteiger partial charge in [-0.3, -0.25) is 0 Å². The number of nitrogens with one attached hydrogen (secondary N) is 1. The normalized spacial score (nSPS) is 43.1. The third-order valence-corrected chi connectivity index (χ3v) is 5.40. The summed E-state index contributed by atoms with van der Waals surface area (Å²) < 4.78 is 0. The Balaban J connectivity index is 2.09. The molecule has 112 valence electrons. The second-order valence-corrected chi connectivity index (χ2v) is 8.74. The van der Waals surface area contributed by atoms with Gasteiger partial charge in [-0.05, 0) is 77.0 Å². The van der Waals surface area contributed by atoms with Crippen LogP contribution in [0, 0.1) is 23.7 Å². The molecular formula is C17H33NO. The third-order valence-electron chi connectivity index (χ3n) is 5.40. The topological polar surface area (TPSA) is 32.3 Å². The van der Waals surface area contributed by atoms with Gasteiger partial charge in [0.2, 0.25) is 0 Å². The highest BCUT2D eigenvalue weighted by Gasteiger charge is 2.43. The number of aliphatic hydroxyl groups is 1. The maximum absolute atomic E-state index is 10.2. The SMILES string of the molecule is CC1CC(C2CC(C)(C)NC(C)(C)C2)CC(C)C1O. The highest BCUT2D eigenvalue weighted by molar-refractivity contribution is 4.99. The van der Waals surface area contributed by atoms with Gasteiger partial charge in [0.1, 0.15) is 0 Å². The minimum absolute atomic E-state index is 0.0843. The van der Waals surface area contributed by atoms with Crippen LogP contribution >= 0.6 is 0 Å². The van der Waals surface area contributed by atoms with E-state index in [0.29, 0.717) is 11.8 Å². The van der Waals surface area contributed by atoms with Crippen LogP contribution in [0.15, 0.2) is 0 Å². The summed E-state index contributed by atoms with van der Waals surface area (Å²) in [6, 6.07) is 0. The van der Waals surface area contributed by atoms with E-state index in [4.69, 9.17) is 0 Å². The predicted octanol–water partition coefficient (Wildman–Crippen LogP) is 3.59.